The lowest BCUT2D eigenvalue weighted by atomic mass is 9.69. The predicted octanol–water partition coefficient (Wildman–Crippen LogP) is 4.16. The van der Waals surface area contributed by atoms with Crippen LogP contribution in [0.5, 0.6) is 0 Å². The molecule has 1 aromatic rings. The molecular formula is C18H25NO. The average molecular weight is 271 g/mol. The van der Waals surface area contributed by atoms with Gasteiger partial charge in [-0.25, -0.2) is 0 Å². The zero-order valence-corrected chi connectivity index (χ0v) is 12.8. The molecule has 3 aliphatic rings. The molecule has 108 valence electrons. The molecule has 3 aliphatic carbocycles. The van der Waals surface area contributed by atoms with E-state index in [1.165, 1.54) is 30.6 Å². The molecule has 0 radical (unpaired) electrons. The van der Waals surface area contributed by atoms with Gasteiger partial charge in [-0.05, 0) is 49.5 Å². The number of hydrogen-bond donors (Lipinski definition) is 1. The maximum atomic E-state index is 5.94. The molecule has 1 N–H and O–H groups in total. The molecule has 0 bridgehead atoms. The molecule has 2 nitrogen and oxygen atoms in total. The van der Waals surface area contributed by atoms with Crippen molar-refractivity contribution in [1.29, 1.82) is 0 Å². The summed E-state index contributed by atoms with van der Waals surface area (Å²) < 4.78 is 5.94. The molecule has 1 fully saturated rings. The Morgan fingerprint density at radius 2 is 2.20 bits per heavy atom. The second kappa shape index (κ2) is 4.24. The minimum atomic E-state index is 0.337. The van der Waals surface area contributed by atoms with Crippen molar-refractivity contribution < 1.29 is 4.42 Å². The van der Waals surface area contributed by atoms with Crippen LogP contribution in [0.1, 0.15) is 56.2 Å². The highest BCUT2D eigenvalue weighted by molar-refractivity contribution is 5.30. The number of fused-ring (bicyclic) bond motifs is 2. The van der Waals surface area contributed by atoms with Crippen LogP contribution in [0.15, 0.2) is 22.6 Å². The van der Waals surface area contributed by atoms with Crippen LogP contribution in [-0.4, -0.2) is 6.04 Å². The van der Waals surface area contributed by atoms with Crippen molar-refractivity contribution in [3.05, 3.63) is 35.3 Å². The van der Waals surface area contributed by atoms with Gasteiger partial charge in [0.25, 0.3) is 0 Å². The summed E-state index contributed by atoms with van der Waals surface area (Å²) in [6.45, 7) is 6.80. The van der Waals surface area contributed by atoms with E-state index >= 15 is 0 Å². The fraction of sp³-hybridized carbons (Fsp3) is 0.667. The van der Waals surface area contributed by atoms with Gasteiger partial charge in [0.2, 0.25) is 0 Å². The van der Waals surface area contributed by atoms with Gasteiger partial charge in [0.15, 0.2) is 0 Å². The first-order valence-corrected chi connectivity index (χ1v) is 8.04. The van der Waals surface area contributed by atoms with Gasteiger partial charge in [-0.3, -0.25) is 0 Å². The van der Waals surface area contributed by atoms with E-state index in [4.69, 9.17) is 4.42 Å². The van der Waals surface area contributed by atoms with Crippen molar-refractivity contribution >= 4 is 0 Å². The number of furan rings is 1. The first-order chi connectivity index (χ1) is 9.52. The third-order valence-corrected chi connectivity index (χ3v) is 5.51. The summed E-state index contributed by atoms with van der Waals surface area (Å²) in [5.41, 5.74) is 1.76. The number of allylic oxidation sites excluding steroid dienone is 1. The Balaban J connectivity index is 1.56. The Kier molecular flexibility index (Phi) is 2.69. The third kappa shape index (κ3) is 1.96. The number of hydrogen-bond acceptors (Lipinski definition) is 2. The molecule has 1 saturated carbocycles. The highest BCUT2D eigenvalue weighted by atomic mass is 16.3. The first-order valence-electron chi connectivity index (χ1n) is 8.04. The first kappa shape index (κ1) is 12.7. The molecule has 0 aliphatic heterocycles. The van der Waals surface area contributed by atoms with Gasteiger partial charge in [-0.1, -0.05) is 26.0 Å². The molecule has 4 unspecified atom stereocenters. The van der Waals surface area contributed by atoms with Crippen LogP contribution >= 0.6 is 0 Å². The predicted molar refractivity (Wildman–Crippen MR) is 80.6 cm³/mol. The largest absolute Gasteiger partial charge is 0.466 e. The van der Waals surface area contributed by atoms with Crippen LogP contribution in [0.25, 0.3) is 0 Å². The molecule has 0 amide bonds. The number of aryl methyl sites for hydroxylation is 1. The van der Waals surface area contributed by atoms with Crippen LogP contribution in [0.2, 0.25) is 0 Å². The summed E-state index contributed by atoms with van der Waals surface area (Å²) in [6, 6.07) is 3.41. The van der Waals surface area contributed by atoms with Gasteiger partial charge < -0.3 is 9.73 Å². The fourth-order valence-corrected chi connectivity index (χ4v) is 4.50. The zero-order chi connectivity index (χ0) is 13.9. The minimum absolute atomic E-state index is 0.337. The fourth-order valence-electron chi connectivity index (χ4n) is 4.50. The number of nitrogens with one attached hydrogen (secondary N) is 1. The SMILES string of the molecule is Cc1cc2c(o1)CC(C)(C)CC2NC1CC2CC=CC21. The van der Waals surface area contributed by atoms with Crippen LogP contribution in [-0.2, 0) is 6.42 Å². The second-order valence-electron chi connectivity index (χ2n) is 7.84. The molecule has 1 aromatic heterocycles. The Labute approximate surface area is 121 Å². The van der Waals surface area contributed by atoms with Crippen molar-refractivity contribution in [2.75, 3.05) is 0 Å². The van der Waals surface area contributed by atoms with E-state index in [1.807, 2.05) is 0 Å². The molecular weight excluding hydrogens is 246 g/mol. The van der Waals surface area contributed by atoms with Gasteiger partial charge >= 0.3 is 0 Å². The molecule has 4 rings (SSSR count). The lowest BCUT2D eigenvalue weighted by Crippen LogP contribution is -2.50. The lowest BCUT2D eigenvalue weighted by Gasteiger charge is -2.45. The van der Waals surface area contributed by atoms with Gasteiger partial charge in [0, 0.05) is 24.1 Å². The highest BCUT2D eigenvalue weighted by Gasteiger charge is 2.43. The molecule has 4 atom stereocenters. The molecule has 0 aromatic carbocycles. The molecule has 0 saturated heterocycles. The van der Waals surface area contributed by atoms with E-state index in [1.54, 1.807) is 0 Å². The summed E-state index contributed by atoms with van der Waals surface area (Å²) in [5.74, 6) is 3.99. The van der Waals surface area contributed by atoms with Crippen molar-refractivity contribution in [2.45, 2.75) is 58.5 Å². The summed E-state index contributed by atoms with van der Waals surface area (Å²) in [7, 11) is 0. The maximum Gasteiger partial charge on any atom is 0.109 e. The topological polar surface area (TPSA) is 25.2 Å². The Bertz CT molecular complexity index is 554. The van der Waals surface area contributed by atoms with E-state index in [0.29, 0.717) is 17.5 Å². The van der Waals surface area contributed by atoms with Crippen LogP contribution in [0.4, 0.5) is 0 Å². The van der Waals surface area contributed by atoms with Crippen LogP contribution in [0, 0.1) is 24.2 Å². The van der Waals surface area contributed by atoms with E-state index < -0.39 is 0 Å². The van der Waals surface area contributed by atoms with Gasteiger partial charge in [-0.2, -0.15) is 0 Å². The van der Waals surface area contributed by atoms with E-state index in [-0.39, 0.29) is 0 Å². The molecule has 2 heteroatoms. The third-order valence-electron chi connectivity index (χ3n) is 5.51. The Hall–Kier alpha value is -1.02. The normalized spacial score (nSPS) is 37.4. The van der Waals surface area contributed by atoms with Gasteiger partial charge in [-0.15, -0.1) is 0 Å². The summed E-state index contributed by atoms with van der Waals surface area (Å²) in [6.07, 6.45) is 9.74. The maximum absolute atomic E-state index is 5.94. The molecule has 0 spiro atoms. The monoisotopic (exact) mass is 271 g/mol. The van der Waals surface area contributed by atoms with Crippen molar-refractivity contribution in [2.24, 2.45) is 17.3 Å². The van der Waals surface area contributed by atoms with Gasteiger partial charge in [0.1, 0.15) is 11.5 Å². The van der Waals surface area contributed by atoms with Crippen molar-refractivity contribution in [1.82, 2.24) is 5.32 Å². The number of rotatable bonds is 2. The Morgan fingerprint density at radius 3 is 3.00 bits per heavy atom. The van der Waals surface area contributed by atoms with Gasteiger partial charge in [0.05, 0.1) is 0 Å². The quantitative estimate of drug-likeness (QED) is 0.817. The zero-order valence-electron chi connectivity index (χ0n) is 12.8. The standard InChI is InChI=1S/C18H25NO/c1-11-7-14-16(9-18(2,3)10-17(14)20-11)19-15-8-12-5-4-6-13(12)15/h4,6-7,12-13,15-16,19H,5,8-10H2,1-3H3. The Morgan fingerprint density at radius 1 is 1.35 bits per heavy atom. The van der Waals surface area contributed by atoms with E-state index in [0.717, 1.165) is 24.0 Å². The summed E-state index contributed by atoms with van der Waals surface area (Å²) in [4.78, 5) is 0. The average Bonchev–Trinajstić information content (AvgIpc) is 2.87. The second-order valence-corrected chi connectivity index (χ2v) is 7.84. The lowest BCUT2D eigenvalue weighted by molar-refractivity contribution is 0.128. The van der Waals surface area contributed by atoms with Crippen LogP contribution < -0.4 is 5.32 Å². The molecule has 20 heavy (non-hydrogen) atoms. The summed E-state index contributed by atoms with van der Waals surface area (Å²) >= 11 is 0. The van der Waals surface area contributed by atoms with Crippen LogP contribution in [0.3, 0.4) is 0 Å². The van der Waals surface area contributed by atoms with Crippen molar-refractivity contribution in [3.63, 3.8) is 0 Å². The molecule has 1 heterocycles. The highest BCUT2D eigenvalue weighted by Crippen LogP contribution is 2.47. The van der Waals surface area contributed by atoms with Crippen molar-refractivity contribution in [3.8, 4) is 0 Å². The smallest absolute Gasteiger partial charge is 0.109 e. The minimum Gasteiger partial charge on any atom is -0.466 e. The summed E-state index contributed by atoms with van der Waals surface area (Å²) in [5, 5.41) is 3.94. The van der Waals surface area contributed by atoms with E-state index in [9.17, 15) is 0 Å². The van der Waals surface area contributed by atoms with E-state index in [2.05, 4.69) is 44.3 Å².